The fourth-order valence-corrected chi connectivity index (χ4v) is 2.86. The Hall–Kier alpha value is -2.43. The summed E-state index contributed by atoms with van der Waals surface area (Å²) in [5, 5.41) is 11.4. The van der Waals surface area contributed by atoms with E-state index in [0.717, 1.165) is 38.0 Å². The molecule has 24 heavy (non-hydrogen) atoms. The zero-order valence-electron chi connectivity index (χ0n) is 14.3. The summed E-state index contributed by atoms with van der Waals surface area (Å²) < 4.78 is 0. The fourth-order valence-electron chi connectivity index (χ4n) is 2.86. The number of aryl methyl sites for hydroxylation is 1. The molecule has 0 radical (unpaired) electrons. The number of nitrogens with zero attached hydrogens (tertiary/aromatic N) is 3. The van der Waals surface area contributed by atoms with Crippen molar-refractivity contribution in [1.29, 1.82) is 0 Å². The highest BCUT2D eigenvalue weighted by Crippen LogP contribution is 2.19. The highest BCUT2D eigenvalue weighted by molar-refractivity contribution is 5.92. The topological polar surface area (TPSA) is 58.1 Å². The van der Waals surface area contributed by atoms with E-state index in [-0.39, 0.29) is 5.91 Å². The van der Waals surface area contributed by atoms with Gasteiger partial charge in [0.25, 0.3) is 5.91 Å². The van der Waals surface area contributed by atoms with Crippen molar-refractivity contribution < 1.29 is 4.79 Å². The predicted octanol–water partition coefficient (Wildman–Crippen LogP) is 3.65. The maximum atomic E-state index is 12.4. The molecular formula is C19H24N4O. The molecule has 5 heteroatoms. The Balaban J connectivity index is 1.63. The molecule has 126 valence electrons. The summed E-state index contributed by atoms with van der Waals surface area (Å²) in [7, 11) is 0. The lowest BCUT2D eigenvalue weighted by atomic mass is 9.99. The second-order valence-electron chi connectivity index (χ2n) is 6.45. The average molecular weight is 324 g/mol. The Kier molecular flexibility index (Phi) is 5.08. The van der Waals surface area contributed by atoms with E-state index in [4.69, 9.17) is 0 Å². The lowest BCUT2D eigenvalue weighted by molar-refractivity contribution is 0.0690. The van der Waals surface area contributed by atoms with Gasteiger partial charge in [0.05, 0.1) is 0 Å². The molecule has 1 fully saturated rings. The van der Waals surface area contributed by atoms with E-state index in [1.807, 2.05) is 17.0 Å². The number of carbonyl (C=O) groups excluding carboxylic acids is 1. The van der Waals surface area contributed by atoms with Gasteiger partial charge in [-0.25, -0.2) is 0 Å². The van der Waals surface area contributed by atoms with E-state index in [1.54, 1.807) is 12.1 Å². The number of rotatable bonds is 4. The van der Waals surface area contributed by atoms with E-state index in [9.17, 15) is 4.79 Å². The van der Waals surface area contributed by atoms with E-state index in [0.29, 0.717) is 17.4 Å². The van der Waals surface area contributed by atoms with Crippen molar-refractivity contribution in [2.45, 2.75) is 33.1 Å². The van der Waals surface area contributed by atoms with Gasteiger partial charge in [0.2, 0.25) is 0 Å². The average Bonchev–Trinajstić information content (AvgIpc) is 2.63. The van der Waals surface area contributed by atoms with Crippen molar-refractivity contribution in [3.8, 4) is 0 Å². The largest absolute Gasteiger partial charge is 0.339 e. The molecule has 0 unspecified atom stereocenters. The van der Waals surface area contributed by atoms with Crippen LogP contribution in [-0.4, -0.2) is 34.1 Å². The highest BCUT2D eigenvalue weighted by Gasteiger charge is 2.22. The number of aromatic nitrogens is 2. The number of likely N-dealkylation sites (tertiary alicyclic amines) is 1. The van der Waals surface area contributed by atoms with Gasteiger partial charge in [-0.2, -0.15) is 0 Å². The molecule has 1 N–H and O–H groups in total. The first-order valence-corrected chi connectivity index (χ1v) is 8.64. The van der Waals surface area contributed by atoms with Gasteiger partial charge in [-0.05, 0) is 55.0 Å². The van der Waals surface area contributed by atoms with Crippen LogP contribution in [0.5, 0.6) is 0 Å². The Bertz CT molecular complexity index is 674. The van der Waals surface area contributed by atoms with Gasteiger partial charge in [-0.1, -0.05) is 26.0 Å². The van der Waals surface area contributed by atoms with Crippen LogP contribution in [0.4, 0.5) is 11.5 Å². The van der Waals surface area contributed by atoms with Crippen LogP contribution in [0.1, 0.15) is 42.7 Å². The molecule has 2 heterocycles. The first kappa shape index (κ1) is 16.4. The molecule has 0 atom stereocenters. The third kappa shape index (κ3) is 3.91. The summed E-state index contributed by atoms with van der Waals surface area (Å²) in [6.45, 7) is 5.98. The molecule has 0 saturated carbocycles. The van der Waals surface area contributed by atoms with Crippen LogP contribution in [0.2, 0.25) is 0 Å². The number of hydrogen-bond donors (Lipinski definition) is 1. The number of carbonyl (C=O) groups is 1. The number of hydrogen-bond acceptors (Lipinski definition) is 4. The van der Waals surface area contributed by atoms with Crippen LogP contribution in [0.25, 0.3) is 0 Å². The Morgan fingerprint density at radius 3 is 2.42 bits per heavy atom. The third-order valence-corrected chi connectivity index (χ3v) is 4.59. The predicted molar refractivity (Wildman–Crippen MR) is 95.4 cm³/mol. The first-order chi connectivity index (χ1) is 11.7. The molecule has 0 aliphatic carbocycles. The van der Waals surface area contributed by atoms with Crippen LogP contribution in [-0.2, 0) is 6.42 Å². The Morgan fingerprint density at radius 2 is 1.83 bits per heavy atom. The van der Waals surface area contributed by atoms with Gasteiger partial charge in [0, 0.05) is 18.8 Å². The van der Waals surface area contributed by atoms with Crippen LogP contribution in [0.3, 0.4) is 0 Å². The van der Waals surface area contributed by atoms with Gasteiger partial charge in [-0.3, -0.25) is 4.79 Å². The molecule has 0 spiro atoms. The minimum atomic E-state index is -0.0201. The van der Waals surface area contributed by atoms with Crippen molar-refractivity contribution in [1.82, 2.24) is 15.1 Å². The van der Waals surface area contributed by atoms with Crippen molar-refractivity contribution in [3.05, 3.63) is 47.7 Å². The highest BCUT2D eigenvalue weighted by atomic mass is 16.2. The zero-order chi connectivity index (χ0) is 16.9. The fraction of sp³-hybridized carbons (Fsp3) is 0.421. The Morgan fingerprint density at radius 1 is 1.12 bits per heavy atom. The maximum Gasteiger partial charge on any atom is 0.274 e. The molecule has 5 nitrogen and oxygen atoms in total. The molecule has 1 aromatic heterocycles. The molecule has 1 saturated heterocycles. The first-order valence-electron chi connectivity index (χ1n) is 8.64. The van der Waals surface area contributed by atoms with Crippen LogP contribution in [0.15, 0.2) is 36.4 Å². The number of nitrogens with one attached hydrogen (secondary N) is 1. The summed E-state index contributed by atoms with van der Waals surface area (Å²) in [6, 6.07) is 11.8. The molecular weight excluding hydrogens is 300 g/mol. The number of anilines is 2. The number of benzene rings is 1. The summed E-state index contributed by atoms with van der Waals surface area (Å²) in [5.74, 6) is 1.32. The third-order valence-electron chi connectivity index (χ3n) is 4.59. The zero-order valence-corrected chi connectivity index (χ0v) is 14.3. The second-order valence-corrected chi connectivity index (χ2v) is 6.45. The summed E-state index contributed by atoms with van der Waals surface area (Å²) in [4.78, 5) is 14.3. The van der Waals surface area contributed by atoms with Crippen LogP contribution >= 0.6 is 0 Å². The summed E-state index contributed by atoms with van der Waals surface area (Å²) in [5.41, 5.74) is 2.67. The Labute approximate surface area is 143 Å². The van der Waals surface area contributed by atoms with Crippen molar-refractivity contribution in [2.24, 2.45) is 5.92 Å². The SMILES string of the molecule is CCc1ccc(Nc2ccc(C(=O)N3CCC(C)CC3)nn2)cc1. The van der Waals surface area contributed by atoms with Crippen molar-refractivity contribution in [3.63, 3.8) is 0 Å². The standard InChI is InChI=1S/C19H24N4O/c1-3-15-4-6-16(7-5-15)20-18-9-8-17(21-22-18)19(24)23-12-10-14(2)11-13-23/h4-9,14H,3,10-13H2,1-2H3,(H,20,22). The van der Waals surface area contributed by atoms with Crippen molar-refractivity contribution in [2.75, 3.05) is 18.4 Å². The molecule has 1 aliphatic rings. The van der Waals surface area contributed by atoms with Crippen molar-refractivity contribution >= 4 is 17.4 Å². The van der Waals surface area contributed by atoms with Gasteiger partial charge < -0.3 is 10.2 Å². The molecule has 1 aliphatic heterocycles. The molecule has 3 rings (SSSR count). The monoisotopic (exact) mass is 324 g/mol. The lowest BCUT2D eigenvalue weighted by Gasteiger charge is -2.29. The smallest absolute Gasteiger partial charge is 0.274 e. The van der Waals surface area contributed by atoms with Crippen LogP contribution < -0.4 is 5.32 Å². The van der Waals surface area contributed by atoms with E-state index in [2.05, 4.69) is 41.5 Å². The van der Waals surface area contributed by atoms with E-state index < -0.39 is 0 Å². The molecule has 1 amide bonds. The van der Waals surface area contributed by atoms with E-state index in [1.165, 1.54) is 5.56 Å². The van der Waals surface area contributed by atoms with Gasteiger partial charge in [0.1, 0.15) is 0 Å². The van der Waals surface area contributed by atoms with Gasteiger partial charge in [-0.15, -0.1) is 10.2 Å². The van der Waals surface area contributed by atoms with Gasteiger partial charge in [0.15, 0.2) is 11.5 Å². The number of amides is 1. The molecule has 2 aromatic rings. The lowest BCUT2D eigenvalue weighted by Crippen LogP contribution is -2.38. The maximum absolute atomic E-state index is 12.4. The minimum absolute atomic E-state index is 0.0201. The number of piperidine rings is 1. The quantitative estimate of drug-likeness (QED) is 0.932. The molecule has 1 aromatic carbocycles. The molecule has 0 bridgehead atoms. The minimum Gasteiger partial charge on any atom is -0.339 e. The van der Waals surface area contributed by atoms with Gasteiger partial charge >= 0.3 is 0 Å². The normalized spacial score (nSPS) is 15.3. The second kappa shape index (κ2) is 7.43. The van der Waals surface area contributed by atoms with Crippen LogP contribution in [0, 0.1) is 5.92 Å². The summed E-state index contributed by atoms with van der Waals surface area (Å²) in [6.07, 6.45) is 3.14. The van der Waals surface area contributed by atoms with E-state index >= 15 is 0 Å². The summed E-state index contributed by atoms with van der Waals surface area (Å²) >= 11 is 0.